The van der Waals surface area contributed by atoms with Crippen molar-refractivity contribution in [1.82, 2.24) is 4.98 Å². The smallest absolute Gasteiger partial charge is 0.0691 e. The Hall–Kier alpha value is -1.19. The third-order valence-electron chi connectivity index (χ3n) is 6.88. The maximum absolute atomic E-state index is 6.37. The molecule has 0 bridgehead atoms. The Bertz CT molecular complexity index is 756. The SMILES string of the molecule is Brc1cccc(CCCCC[C@@]2(c3ccccn3)CCOC3(CCCC3)C2)c1. The summed E-state index contributed by atoms with van der Waals surface area (Å²) in [7, 11) is 0. The number of aromatic nitrogens is 1. The fourth-order valence-electron chi connectivity index (χ4n) is 5.46. The summed E-state index contributed by atoms with van der Waals surface area (Å²) in [5.74, 6) is 0. The molecule has 1 spiro atoms. The Morgan fingerprint density at radius 2 is 1.86 bits per heavy atom. The molecule has 1 saturated heterocycles. The molecule has 150 valence electrons. The van der Waals surface area contributed by atoms with E-state index in [-0.39, 0.29) is 11.0 Å². The lowest BCUT2D eigenvalue weighted by molar-refractivity contribution is -0.104. The summed E-state index contributed by atoms with van der Waals surface area (Å²) in [4.78, 5) is 4.82. The van der Waals surface area contributed by atoms with Crippen LogP contribution in [0.5, 0.6) is 0 Å². The highest BCUT2D eigenvalue weighted by Gasteiger charge is 2.48. The largest absolute Gasteiger partial charge is 0.375 e. The molecule has 2 heterocycles. The van der Waals surface area contributed by atoms with Gasteiger partial charge in [-0.3, -0.25) is 4.98 Å². The zero-order chi connectivity index (χ0) is 19.3. The predicted molar refractivity (Wildman–Crippen MR) is 119 cm³/mol. The van der Waals surface area contributed by atoms with Gasteiger partial charge in [-0.25, -0.2) is 0 Å². The molecule has 1 aliphatic heterocycles. The average Bonchev–Trinajstić information content (AvgIpc) is 3.16. The summed E-state index contributed by atoms with van der Waals surface area (Å²) in [6.45, 7) is 0.897. The molecule has 1 aromatic carbocycles. The number of hydrogen-bond acceptors (Lipinski definition) is 2. The average molecular weight is 442 g/mol. The highest BCUT2D eigenvalue weighted by Crippen LogP contribution is 2.50. The molecule has 2 aliphatic rings. The standard InChI is InChI=1S/C25H32BrNO/c26-22-11-8-10-21(19-22)9-2-1-4-13-24(23-12-3-7-17-27-23)16-18-28-25(20-24)14-5-6-15-25/h3,7-8,10-12,17,19H,1-2,4-6,9,13-16,18,20H2/t24-/m1/s1. The van der Waals surface area contributed by atoms with Crippen molar-refractivity contribution in [3.63, 3.8) is 0 Å². The van der Waals surface area contributed by atoms with E-state index >= 15 is 0 Å². The normalized spacial score (nSPS) is 23.9. The number of benzene rings is 1. The lowest BCUT2D eigenvalue weighted by Gasteiger charge is -2.46. The van der Waals surface area contributed by atoms with Gasteiger partial charge in [-0.15, -0.1) is 0 Å². The minimum absolute atomic E-state index is 0.131. The van der Waals surface area contributed by atoms with Crippen LogP contribution in [0.1, 0.15) is 75.5 Å². The molecule has 0 unspecified atom stereocenters. The van der Waals surface area contributed by atoms with Crippen molar-refractivity contribution in [2.45, 2.75) is 81.6 Å². The van der Waals surface area contributed by atoms with Crippen LogP contribution < -0.4 is 0 Å². The minimum Gasteiger partial charge on any atom is -0.375 e. The lowest BCUT2D eigenvalue weighted by atomic mass is 9.67. The van der Waals surface area contributed by atoms with Crippen LogP contribution in [0.4, 0.5) is 0 Å². The Morgan fingerprint density at radius 3 is 2.64 bits per heavy atom. The summed E-state index contributed by atoms with van der Waals surface area (Å²) >= 11 is 3.58. The molecule has 2 fully saturated rings. The van der Waals surface area contributed by atoms with Crippen molar-refractivity contribution in [3.05, 3.63) is 64.4 Å². The number of halogens is 1. The molecule has 3 heteroatoms. The van der Waals surface area contributed by atoms with Crippen LogP contribution in [0.3, 0.4) is 0 Å². The van der Waals surface area contributed by atoms with Crippen molar-refractivity contribution in [2.24, 2.45) is 0 Å². The highest BCUT2D eigenvalue weighted by atomic mass is 79.9. The molecule has 1 atom stereocenters. The number of aryl methyl sites for hydroxylation is 1. The highest BCUT2D eigenvalue weighted by molar-refractivity contribution is 9.10. The number of ether oxygens (including phenoxy) is 1. The Kier molecular flexibility index (Phi) is 6.52. The van der Waals surface area contributed by atoms with Crippen molar-refractivity contribution in [3.8, 4) is 0 Å². The van der Waals surface area contributed by atoms with E-state index < -0.39 is 0 Å². The van der Waals surface area contributed by atoms with Gasteiger partial charge >= 0.3 is 0 Å². The maximum Gasteiger partial charge on any atom is 0.0691 e. The first kappa shape index (κ1) is 20.1. The molecule has 1 saturated carbocycles. The van der Waals surface area contributed by atoms with Crippen LogP contribution in [0.15, 0.2) is 53.1 Å². The zero-order valence-corrected chi connectivity index (χ0v) is 18.4. The first-order valence-electron chi connectivity index (χ1n) is 11.0. The van der Waals surface area contributed by atoms with Gasteiger partial charge in [-0.1, -0.05) is 59.8 Å². The van der Waals surface area contributed by atoms with Crippen LogP contribution in [0.25, 0.3) is 0 Å². The molecule has 1 aliphatic carbocycles. The Labute approximate surface area is 178 Å². The minimum atomic E-state index is 0.131. The van der Waals surface area contributed by atoms with E-state index in [9.17, 15) is 0 Å². The molecule has 28 heavy (non-hydrogen) atoms. The molecule has 2 nitrogen and oxygen atoms in total. The summed E-state index contributed by atoms with van der Waals surface area (Å²) < 4.78 is 7.55. The fourth-order valence-corrected chi connectivity index (χ4v) is 5.90. The van der Waals surface area contributed by atoms with Gasteiger partial charge in [0.1, 0.15) is 0 Å². The summed E-state index contributed by atoms with van der Waals surface area (Å²) in [5.41, 5.74) is 3.08. The Morgan fingerprint density at radius 1 is 0.964 bits per heavy atom. The van der Waals surface area contributed by atoms with Crippen LogP contribution in [-0.2, 0) is 16.6 Å². The number of hydrogen-bond donors (Lipinski definition) is 0. The molecule has 2 aromatic rings. The van der Waals surface area contributed by atoms with Crippen molar-refractivity contribution >= 4 is 15.9 Å². The maximum atomic E-state index is 6.37. The second kappa shape index (κ2) is 9.09. The molecule has 0 radical (unpaired) electrons. The molecule has 1 aromatic heterocycles. The zero-order valence-electron chi connectivity index (χ0n) is 16.8. The molecule has 0 N–H and O–H groups in total. The lowest BCUT2D eigenvalue weighted by Crippen LogP contribution is -2.46. The van der Waals surface area contributed by atoms with Gasteiger partial charge in [0, 0.05) is 28.4 Å². The first-order chi connectivity index (χ1) is 13.7. The van der Waals surface area contributed by atoms with Gasteiger partial charge in [-0.05, 0) is 74.8 Å². The second-order valence-electron chi connectivity index (χ2n) is 8.85. The van der Waals surface area contributed by atoms with E-state index in [0.717, 1.165) is 13.0 Å². The third-order valence-corrected chi connectivity index (χ3v) is 7.38. The molecule has 4 rings (SSSR count). The Balaban J connectivity index is 1.39. The van der Waals surface area contributed by atoms with Gasteiger partial charge in [0.15, 0.2) is 0 Å². The van der Waals surface area contributed by atoms with E-state index in [2.05, 4.69) is 52.3 Å². The van der Waals surface area contributed by atoms with Crippen LogP contribution in [-0.4, -0.2) is 17.2 Å². The molecular weight excluding hydrogens is 410 g/mol. The van der Waals surface area contributed by atoms with E-state index in [1.807, 2.05) is 12.3 Å². The summed E-state index contributed by atoms with van der Waals surface area (Å²) in [6, 6.07) is 15.2. The topological polar surface area (TPSA) is 22.1 Å². The van der Waals surface area contributed by atoms with Crippen molar-refractivity contribution < 1.29 is 4.74 Å². The van der Waals surface area contributed by atoms with E-state index in [1.54, 1.807) is 0 Å². The quantitative estimate of drug-likeness (QED) is 0.431. The molecular formula is C25H32BrNO. The van der Waals surface area contributed by atoms with Crippen molar-refractivity contribution in [1.29, 1.82) is 0 Å². The number of nitrogens with zero attached hydrogens (tertiary/aromatic N) is 1. The summed E-state index contributed by atoms with van der Waals surface area (Å²) in [5, 5.41) is 0. The van der Waals surface area contributed by atoms with Crippen LogP contribution in [0, 0.1) is 0 Å². The monoisotopic (exact) mass is 441 g/mol. The van der Waals surface area contributed by atoms with E-state index in [0.29, 0.717) is 0 Å². The fraction of sp³-hybridized carbons (Fsp3) is 0.560. The van der Waals surface area contributed by atoms with Crippen LogP contribution >= 0.6 is 15.9 Å². The van der Waals surface area contributed by atoms with Gasteiger partial charge in [0.2, 0.25) is 0 Å². The van der Waals surface area contributed by atoms with E-state index in [1.165, 1.54) is 79.9 Å². The van der Waals surface area contributed by atoms with Gasteiger partial charge in [0.25, 0.3) is 0 Å². The number of rotatable bonds is 7. The number of unbranched alkanes of at least 4 members (excludes halogenated alkanes) is 2. The van der Waals surface area contributed by atoms with Gasteiger partial charge in [0.05, 0.1) is 5.60 Å². The number of pyridine rings is 1. The summed E-state index contributed by atoms with van der Waals surface area (Å²) in [6.07, 6.45) is 15.6. The van der Waals surface area contributed by atoms with Crippen molar-refractivity contribution in [2.75, 3.05) is 6.61 Å². The van der Waals surface area contributed by atoms with Gasteiger partial charge in [-0.2, -0.15) is 0 Å². The molecule has 0 amide bonds. The second-order valence-corrected chi connectivity index (χ2v) is 9.77. The van der Waals surface area contributed by atoms with E-state index in [4.69, 9.17) is 9.72 Å². The third kappa shape index (κ3) is 4.68. The predicted octanol–water partition coefficient (Wildman–Crippen LogP) is 7.01. The first-order valence-corrected chi connectivity index (χ1v) is 11.8. The van der Waals surface area contributed by atoms with Gasteiger partial charge < -0.3 is 4.74 Å². The van der Waals surface area contributed by atoms with Crippen LogP contribution in [0.2, 0.25) is 0 Å².